The van der Waals surface area contributed by atoms with E-state index in [-0.39, 0.29) is 17.5 Å². The maximum atomic E-state index is 13.8. The molecule has 2 N–H and O–H groups in total. The van der Waals surface area contributed by atoms with Crippen LogP contribution >= 0.6 is 0 Å². The average Bonchev–Trinajstić information content (AvgIpc) is 2.69. The van der Waals surface area contributed by atoms with Gasteiger partial charge in [-0.1, -0.05) is 0 Å². The van der Waals surface area contributed by atoms with E-state index in [9.17, 15) is 13.2 Å². The molecule has 0 aliphatic rings. The molecule has 0 saturated heterocycles. The number of aromatic nitrogens is 3. The zero-order valence-electron chi connectivity index (χ0n) is 14.3. The minimum absolute atomic E-state index is 0.0740. The van der Waals surface area contributed by atoms with Gasteiger partial charge in [0, 0.05) is 6.07 Å². The van der Waals surface area contributed by atoms with Crippen molar-refractivity contribution in [2.24, 2.45) is 0 Å². The number of anilines is 4. The molecule has 140 valence electrons. The predicted molar refractivity (Wildman–Crippen MR) is 92.3 cm³/mol. The van der Waals surface area contributed by atoms with Crippen LogP contribution in [0.2, 0.25) is 0 Å². The highest BCUT2D eigenvalue weighted by Crippen LogP contribution is 2.31. The second-order valence-corrected chi connectivity index (χ2v) is 5.20. The number of ether oxygens (including phenoxy) is 2. The van der Waals surface area contributed by atoms with Crippen LogP contribution in [-0.4, -0.2) is 29.4 Å². The van der Waals surface area contributed by atoms with Crippen molar-refractivity contribution >= 4 is 23.1 Å². The van der Waals surface area contributed by atoms with Crippen molar-refractivity contribution in [3.63, 3.8) is 0 Å². The van der Waals surface area contributed by atoms with E-state index < -0.39 is 17.5 Å². The largest absolute Gasteiger partial charge is 0.497 e. The van der Waals surface area contributed by atoms with Gasteiger partial charge in [0.05, 0.1) is 31.8 Å². The van der Waals surface area contributed by atoms with Crippen LogP contribution in [0.5, 0.6) is 11.5 Å². The van der Waals surface area contributed by atoms with Crippen molar-refractivity contribution < 1.29 is 22.6 Å². The molecule has 1 heterocycles. The number of halogens is 3. The molecule has 2 aromatic carbocycles. The zero-order chi connectivity index (χ0) is 19.4. The Morgan fingerprint density at radius 1 is 0.889 bits per heavy atom. The van der Waals surface area contributed by atoms with Crippen LogP contribution in [0.1, 0.15) is 0 Å². The molecule has 0 unspecified atom stereocenters. The van der Waals surface area contributed by atoms with E-state index in [1.165, 1.54) is 20.4 Å². The number of methoxy groups -OCH3 is 2. The molecule has 0 radical (unpaired) electrons. The molecule has 3 rings (SSSR count). The molecule has 10 heteroatoms. The second kappa shape index (κ2) is 7.77. The third kappa shape index (κ3) is 4.00. The van der Waals surface area contributed by atoms with Gasteiger partial charge in [0.2, 0.25) is 5.95 Å². The maximum Gasteiger partial charge on any atom is 0.249 e. The third-order valence-electron chi connectivity index (χ3n) is 3.51. The maximum absolute atomic E-state index is 13.8. The summed E-state index contributed by atoms with van der Waals surface area (Å²) in [6.07, 6.45) is 1.21. The summed E-state index contributed by atoms with van der Waals surface area (Å²) in [5.41, 5.74) is 0.249. The summed E-state index contributed by atoms with van der Waals surface area (Å²) in [6.45, 7) is 0. The van der Waals surface area contributed by atoms with Crippen molar-refractivity contribution in [2.45, 2.75) is 0 Å². The van der Waals surface area contributed by atoms with E-state index in [4.69, 9.17) is 9.47 Å². The quantitative estimate of drug-likeness (QED) is 0.633. The lowest BCUT2D eigenvalue weighted by atomic mass is 10.2. The molecule has 0 amide bonds. The van der Waals surface area contributed by atoms with Gasteiger partial charge in [0.1, 0.15) is 11.5 Å². The summed E-state index contributed by atoms with van der Waals surface area (Å²) >= 11 is 0. The summed E-state index contributed by atoms with van der Waals surface area (Å²) in [4.78, 5) is 4.11. The van der Waals surface area contributed by atoms with E-state index in [1.807, 2.05) is 0 Å². The Labute approximate surface area is 152 Å². The highest BCUT2D eigenvalue weighted by atomic mass is 19.2. The summed E-state index contributed by atoms with van der Waals surface area (Å²) in [5.74, 6) is -3.00. The molecule has 0 saturated carbocycles. The Hall–Kier alpha value is -3.56. The van der Waals surface area contributed by atoms with Crippen LogP contribution in [-0.2, 0) is 0 Å². The van der Waals surface area contributed by atoms with Crippen molar-refractivity contribution in [2.75, 3.05) is 24.9 Å². The molecule has 1 aromatic heterocycles. The van der Waals surface area contributed by atoms with Gasteiger partial charge in [-0.15, -0.1) is 5.10 Å². The minimum Gasteiger partial charge on any atom is -0.497 e. The van der Waals surface area contributed by atoms with Gasteiger partial charge in [-0.3, -0.25) is 0 Å². The van der Waals surface area contributed by atoms with Crippen LogP contribution in [0, 0.1) is 17.5 Å². The van der Waals surface area contributed by atoms with E-state index in [2.05, 4.69) is 25.8 Å². The second-order valence-electron chi connectivity index (χ2n) is 5.20. The number of nitrogens with one attached hydrogen (secondary N) is 2. The molecule has 0 spiro atoms. The van der Waals surface area contributed by atoms with Gasteiger partial charge >= 0.3 is 0 Å². The Balaban J connectivity index is 1.83. The normalized spacial score (nSPS) is 10.4. The van der Waals surface area contributed by atoms with Crippen molar-refractivity contribution in [1.29, 1.82) is 0 Å². The number of benzene rings is 2. The van der Waals surface area contributed by atoms with Gasteiger partial charge < -0.3 is 20.1 Å². The molecular formula is C17H14F3N5O2. The number of hydrogen-bond acceptors (Lipinski definition) is 7. The topological polar surface area (TPSA) is 81.2 Å². The first-order valence-electron chi connectivity index (χ1n) is 7.61. The zero-order valence-corrected chi connectivity index (χ0v) is 14.3. The molecule has 0 atom stereocenters. The molecule has 27 heavy (non-hydrogen) atoms. The first-order chi connectivity index (χ1) is 13.0. The molecule has 0 aliphatic heterocycles. The highest BCUT2D eigenvalue weighted by Gasteiger charge is 2.14. The van der Waals surface area contributed by atoms with Crippen LogP contribution in [0.4, 0.5) is 36.3 Å². The standard InChI is InChI=1S/C17H14F3N5O2/c1-26-9-3-5-11(13(7-9)27-2)23-17-24-14(8-21-25-17)22-12-6-4-10(18)15(19)16(12)20/h3-8H,1-2H3,(H2,22,23,24,25). The first-order valence-corrected chi connectivity index (χ1v) is 7.61. The van der Waals surface area contributed by atoms with E-state index in [0.29, 0.717) is 17.2 Å². The molecule has 0 bridgehead atoms. The Bertz CT molecular complexity index is 971. The number of nitrogens with zero attached hydrogens (tertiary/aromatic N) is 3. The van der Waals surface area contributed by atoms with E-state index in [0.717, 1.165) is 12.1 Å². The van der Waals surface area contributed by atoms with Crippen molar-refractivity contribution in [1.82, 2.24) is 15.2 Å². The lowest BCUT2D eigenvalue weighted by Crippen LogP contribution is -2.05. The molecule has 0 fully saturated rings. The lowest BCUT2D eigenvalue weighted by molar-refractivity contribution is 0.395. The van der Waals surface area contributed by atoms with Gasteiger partial charge in [0.15, 0.2) is 23.3 Å². The van der Waals surface area contributed by atoms with Crippen LogP contribution in [0.3, 0.4) is 0 Å². The van der Waals surface area contributed by atoms with Gasteiger partial charge in [-0.2, -0.15) is 10.1 Å². The predicted octanol–water partition coefficient (Wildman–Crippen LogP) is 3.79. The fourth-order valence-electron chi connectivity index (χ4n) is 2.20. The summed E-state index contributed by atoms with van der Waals surface area (Å²) in [7, 11) is 3.02. The van der Waals surface area contributed by atoms with E-state index >= 15 is 0 Å². The smallest absolute Gasteiger partial charge is 0.249 e. The Kier molecular flexibility index (Phi) is 5.25. The van der Waals surface area contributed by atoms with Crippen LogP contribution < -0.4 is 20.1 Å². The van der Waals surface area contributed by atoms with Gasteiger partial charge in [-0.05, 0) is 24.3 Å². The van der Waals surface area contributed by atoms with Crippen molar-refractivity contribution in [3.8, 4) is 11.5 Å². The SMILES string of the molecule is COc1ccc(Nc2nncc(Nc3ccc(F)c(F)c3F)n2)c(OC)c1. The summed E-state index contributed by atoms with van der Waals surface area (Å²) in [5, 5.41) is 13.0. The first kappa shape index (κ1) is 18.2. The molecule has 3 aromatic rings. The summed E-state index contributed by atoms with van der Waals surface area (Å²) in [6, 6.07) is 6.91. The molecule has 0 aliphatic carbocycles. The fraction of sp³-hybridized carbons (Fsp3) is 0.118. The van der Waals surface area contributed by atoms with E-state index in [1.54, 1.807) is 18.2 Å². The molecule has 7 nitrogen and oxygen atoms in total. The average molecular weight is 377 g/mol. The minimum atomic E-state index is -1.58. The fourth-order valence-corrected chi connectivity index (χ4v) is 2.20. The van der Waals surface area contributed by atoms with Gasteiger partial charge in [-0.25, -0.2) is 13.2 Å². The molecular weight excluding hydrogens is 363 g/mol. The number of hydrogen-bond donors (Lipinski definition) is 2. The highest BCUT2D eigenvalue weighted by molar-refractivity contribution is 5.65. The Morgan fingerprint density at radius 3 is 2.41 bits per heavy atom. The lowest BCUT2D eigenvalue weighted by Gasteiger charge is -2.12. The number of rotatable bonds is 6. The Morgan fingerprint density at radius 2 is 1.67 bits per heavy atom. The van der Waals surface area contributed by atoms with Crippen LogP contribution in [0.15, 0.2) is 36.5 Å². The van der Waals surface area contributed by atoms with Crippen molar-refractivity contribution in [3.05, 3.63) is 54.0 Å². The third-order valence-corrected chi connectivity index (χ3v) is 3.51. The summed E-state index contributed by atoms with van der Waals surface area (Å²) < 4.78 is 50.5. The van der Waals surface area contributed by atoms with Gasteiger partial charge in [0.25, 0.3) is 0 Å². The monoisotopic (exact) mass is 377 g/mol. The van der Waals surface area contributed by atoms with Crippen LogP contribution in [0.25, 0.3) is 0 Å².